The number of hydrogen-bond acceptors (Lipinski definition) is 2. The Morgan fingerprint density at radius 2 is 1.84 bits per heavy atom. The van der Waals surface area contributed by atoms with Crippen LogP contribution in [0.5, 0.6) is 0 Å². The van der Waals surface area contributed by atoms with Crippen LogP contribution in [0.4, 0.5) is 4.79 Å². The quantitative estimate of drug-likeness (QED) is 0.838. The molecule has 0 aliphatic heterocycles. The van der Waals surface area contributed by atoms with Gasteiger partial charge in [-0.2, -0.15) is 0 Å². The molecule has 1 aromatic carbocycles. The standard InChI is InChI=1S/C15H20N2O2/c1-16(2)15(19)17(3)12-14-9-7-13(8-10-14)6-4-5-11-18/h7-10,18H,5,11-12H2,1-3H3. The van der Waals surface area contributed by atoms with Gasteiger partial charge in [0.25, 0.3) is 0 Å². The minimum absolute atomic E-state index is 0.0215. The average Bonchev–Trinajstić information content (AvgIpc) is 2.40. The van der Waals surface area contributed by atoms with Gasteiger partial charge in [0.05, 0.1) is 6.61 Å². The summed E-state index contributed by atoms with van der Waals surface area (Å²) in [5.41, 5.74) is 1.98. The molecule has 0 unspecified atom stereocenters. The number of carbonyl (C=O) groups excluding carboxylic acids is 1. The Morgan fingerprint density at radius 1 is 1.21 bits per heavy atom. The predicted octanol–water partition coefficient (Wildman–Crippen LogP) is 1.53. The van der Waals surface area contributed by atoms with E-state index in [0.29, 0.717) is 13.0 Å². The molecule has 0 aliphatic rings. The highest BCUT2D eigenvalue weighted by molar-refractivity contribution is 5.73. The highest BCUT2D eigenvalue weighted by Gasteiger charge is 2.10. The maximum atomic E-state index is 11.7. The fourth-order valence-electron chi connectivity index (χ4n) is 1.60. The molecule has 0 saturated carbocycles. The summed E-state index contributed by atoms with van der Waals surface area (Å²) in [6.45, 7) is 0.657. The van der Waals surface area contributed by atoms with Gasteiger partial charge in [0.2, 0.25) is 0 Å². The van der Waals surface area contributed by atoms with Crippen LogP contribution in [0, 0.1) is 11.8 Å². The molecule has 0 fully saturated rings. The molecule has 0 heterocycles. The van der Waals surface area contributed by atoms with Crippen LogP contribution in [0.2, 0.25) is 0 Å². The largest absolute Gasteiger partial charge is 0.395 e. The van der Waals surface area contributed by atoms with Gasteiger partial charge in [-0.1, -0.05) is 24.0 Å². The maximum Gasteiger partial charge on any atom is 0.319 e. The molecular formula is C15H20N2O2. The number of urea groups is 1. The molecule has 0 bridgehead atoms. The van der Waals surface area contributed by atoms with Crippen LogP contribution in [0.3, 0.4) is 0 Å². The molecule has 0 spiro atoms. The lowest BCUT2D eigenvalue weighted by molar-refractivity contribution is 0.180. The first kappa shape index (κ1) is 15.1. The third-order valence-corrected chi connectivity index (χ3v) is 2.55. The van der Waals surface area contributed by atoms with Crippen molar-refractivity contribution >= 4 is 6.03 Å². The van der Waals surface area contributed by atoms with Crippen molar-refractivity contribution in [1.82, 2.24) is 9.80 Å². The zero-order valence-electron chi connectivity index (χ0n) is 11.7. The van der Waals surface area contributed by atoms with Gasteiger partial charge < -0.3 is 14.9 Å². The molecule has 1 N–H and O–H groups in total. The van der Waals surface area contributed by atoms with Crippen LogP contribution in [0.15, 0.2) is 24.3 Å². The summed E-state index contributed by atoms with van der Waals surface area (Å²) in [6, 6.07) is 7.75. The number of nitrogens with zero attached hydrogens (tertiary/aromatic N) is 2. The van der Waals surface area contributed by atoms with Gasteiger partial charge in [-0.25, -0.2) is 4.79 Å². The fraction of sp³-hybridized carbons (Fsp3) is 0.400. The molecule has 0 atom stereocenters. The number of aliphatic hydroxyl groups is 1. The van der Waals surface area contributed by atoms with E-state index in [9.17, 15) is 4.79 Å². The van der Waals surface area contributed by atoms with Crippen molar-refractivity contribution in [2.45, 2.75) is 13.0 Å². The summed E-state index contributed by atoms with van der Waals surface area (Å²) in [5.74, 6) is 5.84. The Balaban J connectivity index is 2.63. The van der Waals surface area contributed by atoms with Crippen LogP contribution < -0.4 is 0 Å². The van der Waals surface area contributed by atoms with Crippen molar-refractivity contribution in [3.05, 3.63) is 35.4 Å². The van der Waals surface area contributed by atoms with Crippen LogP contribution in [-0.2, 0) is 6.54 Å². The Labute approximate surface area is 114 Å². The topological polar surface area (TPSA) is 43.8 Å². The second-order valence-electron chi connectivity index (χ2n) is 4.51. The van der Waals surface area contributed by atoms with E-state index < -0.39 is 0 Å². The van der Waals surface area contributed by atoms with E-state index in [1.807, 2.05) is 24.3 Å². The first-order chi connectivity index (χ1) is 9.04. The second-order valence-corrected chi connectivity index (χ2v) is 4.51. The van der Waals surface area contributed by atoms with Crippen molar-refractivity contribution in [1.29, 1.82) is 0 Å². The molecule has 0 aromatic heterocycles. The monoisotopic (exact) mass is 260 g/mol. The molecule has 0 aliphatic carbocycles. The summed E-state index contributed by atoms with van der Waals surface area (Å²) in [6.07, 6.45) is 0.488. The minimum atomic E-state index is -0.0215. The Bertz CT molecular complexity index is 469. The molecule has 4 heteroatoms. The van der Waals surface area contributed by atoms with Crippen molar-refractivity contribution in [2.24, 2.45) is 0 Å². The number of hydrogen-bond donors (Lipinski definition) is 1. The SMILES string of the molecule is CN(C)C(=O)N(C)Cc1ccc(C#CCCO)cc1. The van der Waals surface area contributed by atoms with Gasteiger partial charge in [-0.15, -0.1) is 0 Å². The molecule has 1 rings (SSSR count). The van der Waals surface area contributed by atoms with E-state index in [1.54, 1.807) is 30.9 Å². The Morgan fingerprint density at radius 3 is 2.37 bits per heavy atom. The molecular weight excluding hydrogens is 240 g/mol. The third-order valence-electron chi connectivity index (χ3n) is 2.55. The summed E-state index contributed by atoms with van der Waals surface area (Å²) >= 11 is 0. The smallest absolute Gasteiger partial charge is 0.319 e. The lowest BCUT2D eigenvalue weighted by atomic mass is 10.1. The molecule has 1 aromatic rings. The number of benzene rings is 1. The second kappa shape index (κ2) is 7.45. The van der Waals surface area contributed by atoms with E-state index in [2.05, 4.69) is 11.8 Å². The van der Waals surface area contributed by atoms with Gasteiger partial charge in [0, 0.05) is 39.7 Å². The van der Waals surface area contributed by atoms with E-state index in [-0.39, 0.29) is 12.6 Å². The fourth-order valence-corrected chi connectivity index (χ4v) is 1.60. The van der Waals surface area contributed by atoms with Gasteiger partial charge in [-0.3, -0.25) is 0 Å². The first-order valence-corrected chi connectivity index (χ1v) is 6.15. The summed E-state index contributed by atoms with van der Waals surface area (Å²) < 4.78 is 0. The predicted molar refractivity (Wildman–Crippen MR) is 75.6 cm³/mol. The normalized spacial score (nSPS) is 9.47. The van der Waals surface area contributed by atoms with Crippen molar-refractivity contribution in [2.75, 3.05) is 27.7 Å². The zero-order chi connectivity index (χ0) is 14.3. The van der Waals surface area contributed by atoms with Gasteiger partial charge in [0.15, 0.2) is 0 Å². The molecule has 4 nitrogen and oxygen atoms in total. The van der Waals surface area contributed by atoms with E-state index in [0.717, 1.165) is 11.1 Å². The van der Waals surface area contributed by atoms with E-state index in [1.165, 1.54) is 0 Å². The zero-order valence-corrected chi connectivity index (χ0v) is 11.7. The van der Waals surface area contributed by atoms with Crippen LogP contribution in [-0.4, -0.2) is 48.7 Å². The van der Waals surface area contributed by atoms with Crippen molar-refractivity contribution in [3.63, 3.8) is 0 Å². The molecule has 102 valence electrons. The highest BCUT2D eigenvalue weighted by Crippen LogP contribution is 2.07. The molecule has 2 amide bonds. The van der Waals surface area contributed by atoms with Crippen molar-refractivity contribution < 1.29 is 9.90 Å². The number of aliphatic hydroxyl groups excluding tert-OH is 1. The summed E-state index contributed by atoms with van der Waals surface area (Å²) in [4.78, 5) is 14.9. The van der Waals surface area contributed by atoms with Crippen LogP contribution in [0.1, 0.15) is 17.5 Å². The summed E-state index contributed by atoms with van der Waals surface area (Å²) in [7, 11) is 5.24. The first-order valence-electron chi connectivity index (χ1n) is 6.15. The van der Waals surface area contributed by atoms with Gasteiger partial charge in [0.1, 0.15) is 0 Å². The highest BCUT2D eigenvalue weighted by atomic mass is 16.2. The van der Waals surface area contributed by atoms with E-state index >= 15 is 0 Å². The third kappa shape index (κ3) is 5.02. The number of rotatable bonds is 3. The lowest BCUT2D eigenvalue weighted by Gasteiger charge is -2.21. The van der Waals surface area contributed by atoms with Crippen molar-refractivity contribution in [3.8, 4) is 11.8 Å². The molecule has 0 saturated heterocycles. The van der Waals surface area contributed by atoms with Gasteiger partial charge in [-0.05, 0) is 17.7 Å². The van der Waals surface area contributed by atoms with Crippen LogP contribution in [0.25, 0.3) is 0 Å². The number of carbonyl (C=O) groups is 1. The molecule has 0 radical (unpaired) electrons. The number of amides is 2. The van der Waals surface area contributed by atoms with Crippen LogP contribution >= 0.6 is 0 Å². The lowest BCUT2D eigenvalue weighted by Crippen LogP contribution is -2.35. The molecule has 19 heavy (non-hydrogen) atoms. The minimum Gasteiger partial charge on any atom is -0.395 e. The average molecular weight is 260 g/mol. The summed E-state index contributed by atoms with van der Waals surface area (Å²) in [5, 5.41) is 8.64. The Hall–Kier alpha value is -1.99. The van der Waals surface area contributed by atoms with Gasteiger partial charge >= 0.3 is 6.03 Å². The Kier molecular flexibility index (Phi) is 5.91. The van der Waals surface area contributed by atoms with E-state index in [4.69, 9.17) is 5.11 Å². The maximum absolute atomic E-state index is 11.7.